The van der Waals surface area contributed by atoms with E-state index < -0.39 is 0 Å². The summed E-state index contributed by atoms with van der Waals surface area (Å²) in [5, 5.41) is 0. The zero-order valence-corrected chi connectivity index (χ0v) is 11.1. The van der Waals surface area contributed by atoms with Crippen molar-refractivity contribution >= 4 is 11.8 Å². The molecule has 0 atom stereocenters. The van der Waals surface area contributed by atoms with Crippen LogP contribution in [-0.4, -0.2) is 12.9 Å². The molecule has 0 unspecified atom stereocenters. The predicted molar refractivity (Wildman–Crippen MR) is 70.3 cm³/mol. The summed E-state index contributed by atoms with van der Waals surface area (Å²) in [5.74, 6) is 1.32. The van der Waals surface area contributed by atoms with E-state index in [2.05, 4.69) is 0 Å². The van der Waals surface area contributed by atoms with Crippen LogP contribution in [0.1, 0.15) is 32.1 Å². The summed E-state index contributed by atoms with van der Waals surface area (Å²) in [7, 11) is 0. The first-order chi connectivity index (χ1) is 8.29. The molecule has 0 amide bonds. The smallest absolute Gasteiger partial charge is 0.137 e. The van der Waals surface area contributed by atoms with Crippen LogP contribution < -0.4 is 4.74 Å². The molecule has 0 radical (unpaired) electrons. The lowest BCUT2D eigenvalue weighted by Crippen LogP contribution is -2.15. The monoisotopic (exact) mass is 254 g/mol. The lowest BCUT2D eigenvalue weighted by Gasteiger charge is -2.21. The highest BCUT2D eigenvalue weighted by atomic mass is 32.2. The van der Waals surface area contributed by atoms with E-state index in [1.807, 2.05) is 6.26 Å². The van der Waals surface area contributed by atoms with Gasteiger partial charge < -0.3 is 4.74 Å². The summed E-state index contributed by atoms with van der Waals surface area (Å²) in [6, 6.07) is 5.00. The number of ether oxygens (including phenoxy) is 1. The van der Waals surface area contributed by atoms with Gasteiger partial charge in [-0.2, -0.15) is 0 Å². The third-order valence-electron chi connectivity index (χ3n) is 3.33. The normalized spacial score (nSPS) is 17.1. The molecule has 94 valence electrons. The Hall–Kier alpha value is -0.700. The van der Waals surface area contributed by atoms with Crippen LogP contribution in [0.2, 0.25) is 0 Å². The van der Waals surface area contributed by atoms with Crippen molar-refractivity contribution in [1.29, 1.82) is 0 Å². The van der Waals surface area contributed by atoms with Crippen LogP contribution in [0.3, 0.4) is 0 Å². The number of halogens is 1. The van der Waals surface area contributed by atoms with E-state index in [-0.39, 0.29) is 5.82 Å². The lowest BCUT2D eigenvalue weighted by atomic mass is 9.90. The van der Waals surface area contributed by atoms with Crippen molar-refractivity contribution < 1.29 is 9.13 Å². The molecular formula is C14H19FOS. The standard InChI is InChI=1S/C14H19FOS/c1-17-14-9-12(7-8-13(14)15)16-10-11-5-3-2-4-6-11/h7-9,11H,2-6,10H2,1H3. The molecule has 1 aliphatic carbocycles. The number of thioether (sulfide) groups is 1. The van der Waals surface area contributed by atoms with Crippen molar-refractivity contribution in [2.45, 2.75) is 37.0 Å². The number of hydrogen-bond acceptors (Lipinski definition) is 2. The van der Waals surface area contributed by atoms with E-state index in [0.29, 0.717) is 10.8 Å². The molecule has 17 heavy (non-hydrogen) atoms. The van der Waals surface area contributed by atoms with Gasteiger partial charge in [0.15, 0.2) is 0 Å². The van der Waals surface area contributed by atoms with Gasteiger partial charge in [0.05, 0.1) is 6.61 Å². The van der Waals surface area contributed by atoms with Crippen molar-refractivity contribution in [1.82, 2.24) is 0 Å². The Morgan fingerprint density at radius 2 is 2.06 bits per heavy atom. The molecule has 2 rings (SSSR count). The molecule has 3 heteroatoms. The van der Waals surface area contributed by atoms with Gasteiger partial charge in [0.1, 0.15) is 11.6 Å². The van der Waals surface area contributed by atoms with Crippen LogP contribution in [0, 0.1) is 11.7 Å². The summed E-state index contributed by atoms with van der Waals surface area (Å²) < 4.78 is 19.1. The highest BCUT2D eigenvalue weighted by molar-refractivity contribution is 7.98. The predicted octanol–water partition coefficient (Wildman–Crippen LogP) is 4.51. The van der Waals surface area contributed by atoms with Gasteiger partial charge in [-0.25, -0.2) is 4.39 Å². The topological polar surface area (TPSA) is 9.23 Å². The van der Waals surface area contributed by atoms with Crippen molar-refractivity contribution in [3.8, 4) is 5.75 Å². The third kappa shape index (κ3) is 3.63. The van der Waals surface area contributed by atoms with E-state index in [1.165, 1.54) is 49.9 Å². The Balaban J connectivity index is 1.89. The first-order valence-electron chi connectivity index (χ1n) is 6.26. The molecule has 1 aromatic carbocycles. The van der Waals surface area contributed by atoms with Gasteiger partial charge in [0.25, 0.3) is 0 Å². The minimum absolute atomic E-state index is 0.164. The van der Waals surface area contributed by atoms with E-state index in [1.54, 1.807) is 12.1 Å². The molecule has 1 aromatic rings. The molecule has 0 aromatic heterocycles. The maximum absolute atomic E-state index is 13.3. The summed E-state index contributed by atoms with van der Waals surface area (Å²) in [5.41, 5.74) is 0. The largest absolute Gasteiger partial charge is 0.493 e. The molecule has 1 fully saturated rings. The number of hydrogen-bond donors (Lipinski definition) is 0. The molecule has 0 saturated heterocycles. The summed E-state index contributed by atoms with van der Waals surface area (Å²) in [6.07, 6.45) is 8.45. The van der Waals surface area contributed by atoms with E-state index in [0.717, 1.165) is 12.4 Å². The maximum Gasteiger partial charge on any atom is 0.137 e. The van der Waals surface area contributed by atoms with Gasteiger partial charge in [0.2, 0.25) is 0 Å². The van der Waals surface area contributed by atoms with Gasteiger partial charge in [-0.05, 0) is 43.2 Å². The first kappa shape index (κ1) is 12.7. The van der Waals surface area contributed by atoms with Crippen LogP contribution in [-0.2, 0) is 0 Å². The van der Waals surface area contributed by atoms with Crippen LogP contribution in [0.5, 0.6) is 5.75 Å². The van der Waals surface area contributed by atoms with Crippen molar-refractivity contribution in [3.05, 3.63) is 24.0 Å². The Labute approximate surface area is 107 Å². The van der Waals surface area contributed by atoms with E-state index >= 15 is 0 Å². The summed E-state index contributed by atoms with van der Waals surface area (Å²) >= 11 is 1.42. The Kier molecular flexibility index (Phi) is 4.72. The quantitative estimate of drug-likeness (QED) is 0.731. The summed E-state index contributed by atoms with van der Waals surface area (Å²) in [4.78, 5) is 0.658. The average Bonchev–Trinajstić information content (AvgIpc) is 2.39. The van der Waals surface area contributed by atoms with Gasteiger partial charge in [0, 0.05) is 4.90 Å². The van der Waals surface area contributed by atoms with Crippen LogP contribution in [0.4, 0.5) is 4.39 Å². The minimum atomic E-state index is -0.164. The Morgan fingerprint density at radius 1 is 1.29 bits per heavy atom. The SMILES string of the molecule is CSc1cc(OCC2CCCCC2)ccc1F. The molecule has 1 saturated carbocycles. The van der Waals surface area contributed by atoms with Gasteiger partial charge in [-0.15, -0.1) is 11.8 Å². The van der Waals surface area contributed by atoms with Crippen molar-refractivity contribution in [3.63, 3.8) is 0 Å². The Bertz CT molecular complexity index is 361. The second kappa shape index (κ2) is 6.29. The molecule has 0 heterocycles. The Morgan fingerprint density at radius 3 is 2.76 bits per heavy atom. The molecule has 0 bridgehead atoms. The molecule has 0 spiro atoms. The van der Waals surface area contributed by atoms with Gasteiger partial charge in [-0.1, -0.05) is 19.3 Å². The van der Waals surface area contributed by atoms with Gasteiger partial charge >= 0.3 is 0 Å². The molecule has 0 N–H and O–H groups in total. The lowest BCUT2D eigenvalue weighted by molar-refractivity contribution is 0.208. The fourth-order valence-electron chi connectivity index (χ4n) is 2.30. The van der Waals surface area contributed by atoms with E-state index in [4.69, 9.17) is 4.74 Å². The van der Waals surface area contributed by atoms with E-state index in [9.17, 15) is 4.39 Å². The summed E-state index contributed by atoms with van der Waals surface area (Å²) in [6.45, 7) is 0.777. The van der Waals surface area contributed by atoms with Gasteiger partial charge in [-0.3, -0.25) is 0 Å². The highest BCUT2D eigenvalue weighted by Gasteiger charge is 2.14. The third-order valence-corrected chi connectivity index (χ3v) is 4.09. The number of benzene rings is 1. The maximum atomic E-state index is 13.3. The van der Waals surface area contributed by atoms with Crippen LogP contribution >= 0.6 is 11.8 Å². The minimum Gasteiger partial charge on any atom is -0.493 e. The van der Waals surface area contributed by atoms with Crippen molar-refractivity contribution in [2.75, 3.05) is 12.9 Å². The second-order valence-electron chi connectivity index (χ2n) is 4.61. The highest BCUT2D eigenvalue weighted by Crippen LogP contribution is 2.27. The zero-order chi connectivity index (χ0) is 12.1. The van der Waals surface area contributed by atoms with Crippen LogP contribution in [0.25, 0.3) is 0 Å². The average molecular weight is 254 g/mol. The first-order valence-corrected chi connectivity index (χ1v) is 7.48. The zero-order valence-electron chi connectivity index (χ0n) is 10.2. The molecule has 1 nitrogen and oxygen atoms in total. The van der Waals surface area contributed by atoms with Crippen LogP contribution in [0.15, 0.2) is 23.1 Å². The fourth-order valence-corrected chi connectivity index (χ4v) is 2.79. The van der Waals surface area contributed by atoms with Crippen molar-refractivity contribution in [2.24, 2.45) is 5.92 Å². The molecule has 1 aliphatic rings. The second-order valence-corrected chi connectivity index (χ2v) is 5.46. The number of rotatable bonds is 4. The molecular weight excluding hydrogens is 235 g/mol. The fraction of sp³-hybridized carbons (Fsp3) is 0.571. The molecule has 0 aliphatic heterocycles.